The van der Waals surface area contributed by atoms with E-state index in [2.05, 4.69) is 102 Å². The smallest absolute Gasteiger partial charge is 0.123 e. The Morgan fingerprint density at radius 3 is 1.85 bits per heavy atom. The second-order valence-electron chi connectivity index (χ2n) is 11.6. The van der Waals surface area contributed by atoms with Crippen LogP contribution in [-0.4, -0.2) is 9.55 Å². The minimum absolute atomic E-state index is 0.278. The summed E-state index contributed by atoms with van der Waals surface area (Å²) >= 11 is 0. The zero-order chi connectivity index (χ0) is 30.8. The van der Waals surface area contributed by atoms with Gasteiger partial charge in [0.25, 0.3) is 0 Å². The Kier molecular flexibility index (Phi) is 5.75. The van der Waals surface area contributed by atoms with Gasteiger partial charge >= 0.3 is 0 Å². The third-order valence-corrected chi connectivity index (χ3v) is 9.05. The lowest BCUT2D eigenvalue weighted by molar-refractivity contribution is 0.627. The number of pyridine rings is 1. The summed E-state index contributed by atoms with van der Waals surface area (Å²) in [6.45, 7) is 0. The molecule has 0 aliphatic carbocycles. The van der Waals surface area contributed by atoms with E-state index in [9.17, 15) is 9.65 Å². The standard InChI is InChI=1S/C42H24FN3/c43-29-16-18-30(19-17-29)46-39-21-13-26(25-44)23-35(39)36-24-28(15-22-40(36)46)41-31-8-2-4-10-33(31)42(34-11-5-3-9-32(34)41)38-20-14-27-7-1-6-12-37(27)45-38/h1-24H. The monoisotopic (exact) mass is 589 g/mol. The summed E-state index contributed by atoms with van der Waals surface area (Å²) in [6, 6.07) is 50.8. The summed E-state index contributed by atoms with van der Waals surface area (Å²) < 4.78 is 16.0. The molecule has 0 saturated carbocycles. The van der Waals surface area contributed by atoms with E-state index in [1.54, 1.807) is 12.1 Å². The average Bonchev–Trinajstić information content (AvgIpc) is 3.43. The van der Waals surface area contributed by atoms with Gasteiger partial charge in [0, 0.05) is 27.4 Å². The minimum Gasteiger partial charge on any atom is -0.309 e. The van der Waals surface area contributed by atoms with Gasteiger partial charge in [0.15, 0.2) is 0 Å². The van der Waals surface area contributed by atoms with Gasteiger partial charge in [-0.15, -0.1) is 0 Å². The molecule has 9 rings (SSSR count). The van der Waals surface area contributed by atoms with Crippen LogP contribution in [0.15, 0.2) is 146 Å². The van der Waals surface area contributed by atoms with Crippen molar-refractivity contribution in [3.8, 4) is 34.1 Å². The first-order chi connectivity index (χ1) is 22.7. The van der Waals surface area contributed by atoms with Crippen molar-refractivity contribution in [3.05, 3.63) is 157 Å². The van der Waals surface area contributed by atoms with E-state index >= 15 is 0 Å². The lowest BCUT2D eigenvalue weighted by Crippen LogP contribution is -1.94. The van der Waals surface area contributed by atoms with Crippen LogP contribution >= 0.6 is 0 Å². The number of rotatable bonds is 3. The molecule has 0 spiro atoms. The molecule has 46 heavy (non-hydrogen) atoms. The Morgan fingerprint density at radius 1 is 0.543 bits per heavy atom. The minimum atomic E-state index is -0.278. The van der Waals surface area contributed by atoms with Gasteiger partial charge < -0.3 is 4.57 Å². The highest BCUT2D eigenvalue weighted by Crippen LogP contribution is 2.45. The SMILES string of the molecule is N#Cc1ccc2c(c1)c1cc(-c3c4ccccc4c(-c4ccc5ccccc5n4)c4ccccc34)ccc1n2-c1ccc(F)cc1. The van der Waals surface area contributed by atoms with Crippen molar-refractivity contribution < 1.29 is 4.39 Å². The molecule has 7 aromatic carbocycles. The summed E-state index contributed by atoms with van der Waals surface area (Å²) in [4.78, 5) is 5.12. The van der Waals surface area contributed by atoms with Gasteiger partial charge in [-0.05, 0) is 99.4 Å². The Balaban J connectivity index is 1.36. The van der Waals surface area contributed by atoms with Crippen LogP contribution in [0.5, 0.6) is 0 Å². The quantitative estimate of drug-likeness (QED) is 0.192. The predicted molar refractivity (Wildman–Crippen MR) is 187 cm³/mol. The lowest BCUT2D eigenvalue weighted by atomic mass is 9.87. The van der Waals surface area contributed by atoms with E-state index in [1.165, 1.54) is 12.1 Å². The molecule has 0 saturated heterocycles. The van der Waals surface area contributed by atoms with Crippen LogP contribution in [0, 0.1) is 17.1 Å². The fourth-order valence-corrected chi connectivity index (χ4v) is 7.04. The number of benzene rings is 7. The predicted octanol–water partition coefficient (Wildman–Crippen LogP) is 11.0. The molecule has 0 bridgehead atoms. The molecule has 3 nitrogen and oxygen atoms in total. The van der Waals surface area contributed by atoms with Crippen molar-refractivity contribution in [2.24, 2.45) is 0 Å². The first-order valence-corrected chi connectivity index (χ1v) is 15.2. The normalized spacial score (nSPS) is 11.6. The van der Waals surface area contributed by atoms with E-state index in [-0.39, 0.29) is 5.82 Å². The van der Waals surface area contributed by atoms with Crippen molar-refractivity contribution in [2.45, 2.75) is 0 Å². The second-order valence-corrected chi connectivity index (χ2v) is 11.6. The maximum absolute atomic E-state index is 13.9. The molecule has 0 aliphatic heterocycles. The molecule has 9 aromatic rings. The van der Waals surface area contributed by atoms with Crippen molar-refractivity contribution >= 4 is 54.3 Å². The Morgan fingerprint density at radius 2 is 1.15 bits per heavy atom. The van der Waals surface area contributed by atoms with Gasteiger partial charge in [-0.25, -0.2) is 9.37 Å². The van der Waals surface area contributed by atoms with Gasteiger partial charge in [-0.3, -0.25) is 0 Å². The number of para-hydroxylation sites is 1. The molecule has 0 atom stereocenters. The van der Waals surface area contributed by atoms with E-state index in [1.807, 2.05) is 30.3 Å². The first-order valence-electron chi connectivity index (χ1n) is 15.2. The van der Waals surface area contributed by atoms with Crippen LogP contribution in [-0.2, 0) is 0 Å². The molecule has 214 valence electrons. The third-order valence-electron chi connectivity index (χ3n) is 9.05. The van der Waals surface area contributed by atoms with E-state index in [4.69, 9.17) is 4.98 Å². The zero-order valence-electron chi connectivity index (χ0n) is 24.6. The van der Waals surface area contributed by atoms with Gasteiger partial charge in [0.2, 0.25) is 0 Å². The fourth-order valence-electron chi connectivity index (χ4n) is 7.04. The highest BCUT2D eigenvalue weighted by molar-refractivity contribution is 6.22. The molecule has 0 amide bonds. The van der Waals surface area contributed by atoms with E-state index in [0.29, 0.717) is 5.56 Å². The van der Waals surface area contributed by atoms with Gasteiger partial charge in [0.1, 0.15) is 5.82 Å². The maximum atomic E-state index is 13.9. The number of hydrogen-bond acceptors (Lipinski definition) is 2. The van der Waals surface area contributed by atoms with Crippen molar-refractivity contribution in [2.75, 3.05) is 0 Å². The molecule has 0 aliphatic rings. The molecule has 0 radical (unpaired) electrons. The summed E-state index contributed by atoms with van der Waals surface area (Å²) in [5.41, 5.74) is 8.68. The Hall–Kier alpha value is -6.31. The largest absolute Gasteiger partial charge is 0.309 e. The number of nitriles is 1. The van der Waals surface area contributed by atoms with Crippen LogP contribution in [0.2, 0.25) is 0 Å². The Bertz CT molecular complexity index is 2660. The number of fused-ring (bicyclic) bond motifs is 6. The lowest BCUT2D eigenvalue weighted by Gasteiger charge is -2.17. The van der Waals surface area contributed by atoms with Crippen molar-refractivity contribution in [1.82, 2.24) is 9.55 Å². The van der Waals surface area contributed by atoms with Gasteiger partial charge in [-0.2, -0.15) is 5.26 Å². The molecule has 2 aromatic heterocycles. The van der Waals surface area contributed by atoms with E-state index < -0.39 is 0 Å². The molecule has 4 heteroatoms. The van der Waals surface area contributed by atoms with Crippen LogP contribution in [0.4, 0.5) is 4.39 Å². The van der Waals surface area contributed by atoms with Crippen molar-refractivity contribution in [3.63, 3.8) is 0 Å². The highest BCUT2D eigenvalue weighted by atomic mass is 19.1. The first kappa shape index (κ1) is 26.1. The molecule has 0 N–H and O–H groups in total. The van der Waals surface area contributed by atoms with E-state index in [0.717, 1.165) is 82.3 Å². The highest BCUT2D eigenvalue weighted by Gasteiger charge is 2.19. The average molecular weight is 590 g/mol. The third kappa shape index (κ3) is 3.93. The van der Waals surface area contributed by atoms with Gasteiger partial charge in [-0.1, -0.05) is 78.9 Å². The number of aromatic nitrogens is 2. The van der Waals surface area contributed by atoms with Crippen LogP contribution < -0.4 is 0 Å². The van der Waals surface area contributed by atoms with Gasteiger partial charge in [0.05, 0.1) is 33.9 Å². The topological polar surface area (TPSA) is 41.6 Å². The van der Waals surface area contributed by atoms with Crippen LogP contribution in [0.3, 0.4) is 0 Å². The summed E-state index contributed by atoms with van der Waals surface area (Å²) in [5.74, 6) is -0.278. The molecular formula is C42H24FN3. The fraction of sp³-hybridized carbons (Fsp3) is 0. The molecule has 0 fully saturated rings. The molecule has 0 unspecified atom stereocenters. The summed E-state index contributed by atoms with van der Waals surface area (Å²) in [7, 11) is 0. The molecular weight excluding hydrogens is 565 g/mol. The van der Waals surface area contributed by atoms with Crippen LogP contribution in [0.1, 0.15) is 5.56 Å². The molecule has 2 heterocycles. The number of hydrogen-bond donors (Lipinski definition) is 0. The summed E-state index contributed by atoms with van der Waals surface area (Å²) in [5, 5.41) is 17.5. The zero-order valence-corrected chi connectivity index (χ0v) is 24.6. The van der Waals surface area contributed by atoms with Crippen molar-refractivity contribution in [1.29, 1.82) is 5.26 Å². The number of halogens is 1. The number of nitrogens with zero attached hydrogens (tertiary/aromatic N) is 3. The van der Waals surface area contributed by atoms with Crippen LogP contribution in [0.25, 0.3) is 82.3 Å². The summed E-state index contributed by atoms with van der Waals surface area (Å²) in [6.07, 6.45) is 0. The second kappa shape index (κ2) is 10.1. The maximum Gasteiger partial charge on any atom is 0.123 e. The Labute approximate surface area is 264 Å².